The van der Waals surface area contributed by atoms with E-state index in [0.717, 1.165) is 6.26 Å². The predicted molar refractivity (Wildman–Crippen MR) is 76.1 cm³/mol. The molecule has 0 saturated heterocycles. The van der Waals surface area contributed by atoms with Crippen LogP contribution in [0.3, 0.4) is 0 Å². The lowest BCUT2D eigenvalue weighted by molar-refractivity contribution is 0.0981. The second-order valence-corrected chi connectivity index (χ2v) is 6.52. The quantitative estimate of drug-likeness (QED) is 0.894. The molecular weight excluding hydrogens is 306 g/mol. The largest absolute Gasteiger partial charge is 0.493 e. The molecule has 1 amide bonds. The number of amides is 1. The van der Waals surface area contributed by atoms with Crippen molar-refractivity contribution in [3.8, 4) is 11.5 Å². The summed E-state index contributed by atoms with van der Waals surface area (Å²) in [5.41, 5.74) is 0.0633. The molecule has 0 atom stereocenters. The smallest absolute Gasteiger partial charge is 0.264 e. The van der Waals surface area contributed by atoms with E-state index in [2.05, 4.69) is 0 Å². The summed E-state index contributed by atoms with van der Waals surface area (Å²) >= 11 is 6.04. The van der Waals surface area contributed by atoms with Crippen molar-refractivity contribution in [2.45, 2.75) is 20.0 Å². The van der Waals surface area contributed by atoms with Crippen molar-refractivity contribution in [1.82, 2.24) is 4.72 Å². The number of rotatable bonds is 5. The van der Waals surface area contributed by atoms with Gasteiger partial charge in [-0.25, -0.2) is 13.1 Å². The highest BCUT2D eigenvalue weighted by Crippen LogP contribution is 2.37. The first-order valence-electron chi connectivity index (χ1n) is 5.70. The highest BCUT2D eigenvalue weighted by atomic mass is 35.5. The van der Waals surface area contributed by atoms with Crippen LogP contribution in [0, 0.1) is 0 Å². The summed E-state index contributed by atoms with van der Waals surface area (Å²) in [4.78, 5) is 11.8. The van der Waals surface area contributed by atoms with E-state index in [-0.39, 0.29) is 22.4 Å². The molecule has 20 heavy (non-hydrogen) atoms. The van der Waals surface area contributed by atoms with Gasteiger partial charge >= 0.3 is 0 Å². The molecule has 8 heteroatoms. The molecule has 1 aromatic rings. The van der Waals surface area contributed by atoms with Crippen molar-refractivity contribution in [2.24, 2.45) is 0 Å². The minimum absolute atomic E-state index is 0.0633. The van der Waals surface area contributed by atoms with Gasteiger partial charge in [0.2, 0.25) is 10.0 Å². The number of carbonyl (C=O) groups is 1. The number of hydrogen-bond donors (Lipinski definition) is 1. The Morgan fingerprint density at radius 2 is 1.95 bits per heavy atom. The highest BCUT2D eigenvalue weighted by molar-refractivity contribution is 7.89. The van der Waals surface area contributed by atoms with E-state index in [1.54, 1.807) is 0 Å². The van der Waals surface area contributed by atoms with Crippen LogP contribution in [0.2, 0.25) is 5.02 Å². The van der Waals surface area contributed by atoms with E-state index in [0.29, 0.717) is 5.75 Å². The Kier molecular flexibility index (Phi) is 5.24. The summed E-state index contributed by atoms with van der Waals surface area (Å²) < 4.78 is 34.5. The Hall–Kier alpha value is -1.47. The van der Waals surface area contributed by atoms with Crippen molar-refractivity contribution < 1.29 is 22.7 Å². The normalized spacial score (nSPS) is 11.3. The molecular formula is C12H16ClNO5S. The number of methoxy groups -OCH3 is 1. The summed E-state index contributed by atoms with van der Waals surface area (Å²) in [5, 5.41) is 0.164. The second kappa shape index (κ2) is 6.32. The lowest BCUT2D eigenvalue weighted by Gasteiger charge is -2.16. The zero-order chi connectivity index (χ0) is 15.5. The molecule has 1 aromatic carbocycles. The van der Waals surface area contributed by atoms with E-state index in [1.165, 1.54) is 19.2 Å². The molecule has 0 spiro atoms. The van der Waals surface area contributed by atoms with E-state index in [1.807, 2.05) is 18.6 Å². The van der Waals surface area contributed by atoms with Crippen molar-refractivity contribution >= 4 is 27.5 Å². The van der Waals surface area contributed by atoms with Crippen LogP contribution in [0.25, 0.3) is 0 Å². The Bertz CT molecular complexity index is 613. The summed E-state index contributed by atoms with van der Waals surface area (Å²) in [6, 6.07) is 2.69. The predicted octanol–water partition coefficient (Wildman–Crippen LogP) is 1.83. The molecule has 1 N–H and O–H groups in total. The van der Waals surface area contributed by atoms with Gasteiger partial charge in [-0.15, -0.1) is 0 Å². The SMILES string of the molecule is COc1cc(C(=O)NS(C)(=O)=O)cc(Cl)c1OC(C)C. The minimum Gasteiger partial charge on any atom is -0.493 e. The molecule has 0 heterocycles. The van der Waals surface area contributed by atoms with Gasteiger partial charge in [-0.2, -0.15) is 0 Å². The Morgan fingerprint density at radius 3 is 2.40 bits per heavy atom. The number of benzene rings is 1. The van der Waals surface area contributed by atoms with Gasteiger partial charge in [0.15, 0.2) is 11.5 Å². The minimum atomic E-state index is -3.65. The number of hydrogen-bond acceptors (Lipinski definition) is 5. The Morgan fingerprint density at radius 1 is 1.35 bits per heavy atom. The number of carbonyl (C=O) groups excluding carboxylic acids is 1. The third-order valence-electron chi connectivity index (χ3n) is 2.12. The molecule has 0 aliphatic heterocycles. The average molecular weight is 322 g/mol. The number of nitrogens with one attached hydrogen (secondary N) is 1. The maximum absolute atomic E-state index is 11.8. The number of halogens is 1. The first-order valence-corrected chi connectivity index (χ1v) is 7.97. The number of ether oxygens (including phenoxy) is 2. The zero-order valence-electron chi connectivity index (χ0n) is 11.6. The van der Waals surface area contributed by atoms with Gasteiger partial charge in [0.25, 0.3) is 5.91 Å². The van der Waals surface area contributed by atoms with Crippen LogP contribution in [0.5, 0.6) is 11.5 Å². The van der Waals surface area contributed by atoms with Gasteiger partial charge in [0.1, 0.15) is 0 Å². The van der Waals surface area contributed by atoms with Crippen LogP contribution in [0.4, 0.5) is 0 Å². The van der Waals surface area contributed by atoms with Crippen LogP contribution in [-0.4, -0.2) is 33.8 Å². The molecule has 0 unspecified atom stereocenters. The first kappa shape index (κ1) is 16.6. The van der Waals surface area contributed by atoms with Crippen molar-refractivity contribution in [1.29, 1.82) is 0 Å². The molecule has 0 saturated carbocycles. The first-order chi connectivity index (χ1) is 9.14. The van der Waals surface area contributed by atoms with Gasteiger partial charge in [-0.3, -0.25) is 4.79 Å². The monoisotopic (exact) mass is 321 g/mol. The topological polar surface area (TPSA) is 81.7 Å². The van der Waals surface area contributed by atoms with Crippen LogP contribution in [-0.2, 0) is 10.0 Å². The molecule has 0 bridgehead atoms. The molecule has 112 valence electrons. The fourth-order valence-electron chi connectivity index (χ4n) is 1.43. The van der Waals surface area contributed by atoms with Crippen LogP contribution >= 0.6 is 11.6 Å². The molecule has 1 rings (SSSR count). The lowest BCUT2D eigenvalue weighted by Crippen LogP contribution is -2.29. The van der Waals surface area contributed by atoms with E-state index < -0.39 is 15.9 Å². The molecule has 0 fully saturated rings. The maximum Gasteiger partial charge on any atom is 0.264 e. The molecule has 0 aromatic heterocycles. The van der Waals surface area contributed by atoms with Crippen molar-refractivity contribution in [3.63, 3.8) is 0 Å². The average Bonchev–Trinajstić information content (AvgIpc) is 2.28. The molecule has 6 nitrogen and oxygen atoms in total. The van der Waals surface area contributed by atoms with E-state index in [9.17, 15) is 13.2 Å². The third kappa shape index (κ3) is 4.57. The fourth-order valence-corrected chi connectivity index (χ4v) is 2.14. The third-order valence-corrected chi connectivity index (χ3v) is 2.96. The Labute approximate surface area is 123 Å². The van der Waals surface area contributed by atoms with Gasteiger partial charge in [-0.1, -0.05) is 11.6 Å². The highest BCUT2D eigenvalue weighted by Gasteiger charge is 2.18. The van der Waals surface area contributed by atoms with Gasteiger partial charge in [-0.05, 0) is 26.0 Å². The fraction of sp³-hybridized carbons (Fsp3) is 0.417. The van der Waals surface area contributed by atoms with Crippen molar-refractivity contribution in [3.05, 3.63) is 22.7 Å². The maximum atomic E-state index is 11.8. The van der Waals surface area contributed by atoms with Crippen LogP contribution in [0.1, 0.15) is 24.2 Å². The van der Waals surface area contributed by atoms with E-state index in [4.69, 9.17) is 21.1 Å². The summed E-state index contributed by atoms with van der Waals surface area (Å²) in [7, 11) is -2.25. The second-order valence-electron chi connectivity index (χ2n) is 4.36. The standard InChI is InChI=1S/C12H16ClNO5S/c1-7(2)19-11-9(13)5-8(6-10(11)18-3)12(15)14-20(4,16)17/h5-7H,1-4H3,(H,14,15). The van der Waals surface area contributed by atoms with E-state index >= 15 is 0 Å². The molecule has 0 aliphatic carbocycles. The van der Waals surface area contributed by atoms with Gasteiger partial charge in [0, 0.05) is 5.56 Å². The summed E-state index contributed by atoms with van der Waals surface area (Å²) in [6.07, 6.45) is 0.761. The summed E-state index contributed by atoms with van der Waals surface area (Å²) in [5.74, 6) is -0.228. The van der Waals surface area contributed by atoms with Gasteiger partial charge < -0.3 is 9.47 Å². The number of sulfonamides is 1. The molecule has 0 radical (unpaired) electrons. The lowest BCUT2D eigenvalue weighted by atomic mass is 10.2. The zero-order valence-corrected chi connectivity index (χ0v) is 13.1. The van der Waals surface area contributed by atoms with Crippen LogP contribution < -0.4 is 14.2 Å². The van der Waals surface area contributed by atoms with Gasteiger partial charge in [0.05, 0.1) is 24.5 Å². The summed E-state index contributed by atoms with van der Waals surface area (Å²) in [6.45, 7) is 3.64. The van der Waals surface area contributed by atoms with Crippen molar-refractivity contribution in [2.75, 3.05) is 13.4 Å². The van der Waals surface area contributed by atoms with Crippen LogP contribution in [0.15, 0.2) is 12.1 Å². The molecule has 0 aliphatic rings. The Balaban J connectivity index is 3.19.